The van der Waals surface area contributed by atoms with Gasteiger partial charge >= 0.3 is 0 Å². The van der Waals surface area contributed by atoms with Gasteiger partial charge in [0.15, 0.2) is 6.61 Å². The van der Waals surface area contributed by atoms with Crippen molar-refractivity contribution in [1.82, 2.24) is 4.90 Å². The van der Waals surface area contributed by atoms with Crippen LogP contribution < -0.4 is 20.3 Å². The highest BCUT2D eigenvalue weighted by molar-refractivity contribution is 8.18. The Morgan fingerprint density at radius 2 is 1.67 bits per heavy atom. The Balaban J connectivity index is 1.51. The molecular weight excluding hydrogens is 598 g/mol. The number of ether oxygens (including phenoxy) is 1. The molecule has 0 aliphatic carbocycles. The van der Waals surface area contributed by atoms with Crippen LogP contribution in [0.3, 0.4) is 0 Å². The summed E-state index contributed by atoms with van der Waals surface area (Å²) in [5.41, 5.74) is 3.97. The van der Waals surface area contributed by atoms with Crippen LogP contribution in [0, 0.1) is 24.0 Å². The summed E-state index contributed by atoms with van der Waals surface area (Å²) < 4.78 is 5.88. The minimum Gasteiger partial charge on any atom is -0.483 e. The number of aryl methyl sites for hydroxylation is 2. The molecule has 0 unspecified atom stereocenters. The number of hydrogen-bond acceptors (Lipinski definition) is 9. The van der Waals surface area contributed by atoms with Crippen LogP contribution in [0.2, 0.25) is 0 Å². The quantitative estimate of drug-likeness (QED) is 0.145. The lowest BCUT2D eigenvalue weighted by atomic mass is 10.1. The molecule has 2 N–H and O–H groups in total. The van der Waals surface area contributed by atoms with E-state index < -0.39 is 41.0 Å². The Hall–Kier alpha value is -5.17. The van der Waals surface area contributed by atoms with Crippen molar-refractivity contribution in [3.05, 3.63) is 92.4 Å². The van der Waals surface area contributed by atoms with Crippen LogP contribution in [0.25, 0.3) is 6.08 Å². The lowest BCUT2D eigenvalue weighted by Gasteiger charge is -2.22. The summed E-state index contributed by atoms with van der Waals surface area (Å²) in [7, 11) is 0. The van der Waals surface area contributed by atoms with Gasteiger partial charge in [-0.05, 0) is 87.0 Å². The summed E-state index contributed by atoms with van der Waals surface area (Å²) in [6.07, 6.45) is 1.49. The molecule has 1 aliphatic rings. The summed E-state index contributed by atoms with van der Waals surface area (Å²) >= 11 is 0.706. The van der Waals surface area contributed by atoms with E-state index >= 15 is 0 Å². The predicted molar refractivity (Wildman–Crippen MR) is 174 cm³/mol. The zero-order valence-corrected chi connectivity index (χ0v) is 26.1. The Kier molecular flexibility index (Phi) is 10.6. The normalized spacial score (nSPS) is 13.6. The summed E-state index contributed by atoms with van der Waals surface area (Å²) in [4.78, 5) is 64.9. The number of nitro groups is 1. The van der Waals surface area contributed by atoms with Gasteiger partial charge in [-0.1, -0.05) is 12.1 Å². The van der Waals surface area contributed by atoms with Crippen LogP contribution in [0.4, 0.5) is 27.5 Å². The smallest absolute Gasteiger partial charge is 0.294 e. The Morgan fingerprint density at radius 1 is 0.956 bits per heavy atom. The van der Waals surface area contributed by atoms with E-state index in [-0.39, 0.29) is 22.0 Å². The molecule has 0 atom stereocenters. The van der Waals surface area contributed by atoms with Gasteiger partial charge in [0, 0.05) is 53.9 Å². The maximum atomic E-state index is 13.2. The van der Waals surface area contributed by atoms with E-state index in [9.17, 15) is 29.3 Å². The van der Waals surface area contributed by atoms with Crippen molar-refractivity contribution < 1.29 is 28.8 Å². The molecule has 1 saturated heterocycles. The fourth-order valence-electron chi connectivity index (χ4n) is 4.53. The highest BCUT2D eigenvalue weighted by Gasteiger charge is 2.36. The highest BCUT2D eigenvalue weighted by atomic mass is 32.2. The zero-order valence-electron chi connectivity index (χ0n) is 25.3. The number of non-ortho nitro benzene ring substituents is 1. The van der Waals surface area contributed by atoms with E-state index in [1.165, 1.54) is 30.3 Å². The maximum absolute atomic E-state index is 13.2. The van der Waals surface area contributed by atoms with E-state index in [1.54, 1.807) is 18.2 Å². The lowest BCUT2D eigenvalue weighted by Crippen LogP contribution is -2.36. The Bertz CT molecular complexity index is 1690. The molecule has 45 heavy (non-hydrogen) atoms. The van der Waals surface area contributed by atoms with Crippen LogP contribution in [0.5, 0.6) is 5.75 Å². The van der Waals surface area contributed by atoms with Crippen LogP contribution in [-0.2, 0) is 14.4 Å². The minimum absolute atomic E-state index is 0.0977. The van der Waals surface area contributed by atoms with Gasteiger partial charge in [-0.25, -0.2) is 0 Å². The van der Waals surface area contributed by atoms with Crippen molar-refractivity contribution in [3.63, 3.8) is 0 Å². The number of nitrogens with zero attached hydrogens (tertiary/aromatic N) is 3. The molecule has 0 bridgehead atoms. The first-order valence-corrected chi connectivity index (χ1v) is 15.0. The average Bonchev–Trinajstić information content (AvgIpc) is 3.26. The van der Waals surface area contributed by atoms with Gasteiger partial charge < -0.3 is 20.3 Å². The first kappa shape index (κ1) is 32.7. The number of carbonyl (C=O) groups is 4. The number of nitrogens with one attached hydrogen (secondary N) is 2. The molecular formula is C32H33N5O7S. The first-order valence-electron chi connectivity index (χ1n) is 14.2. The van der Waals surface area contributed by atoms with Gasteiger partial charge in [0.1, 0.15) is 12.3 Å². The fraction of sp³-hybridized carbons (Fsp3) is 0.250. The molecule has 1 fully saturated rings. The first-order chi connectivity index (χ1) is 21.5. The second kappa shape index (κ2) is 14.5. The molecule has 12 nitrogen and oxygen atoms in total. The largest absolute Gasteiger partial charge is 0.483 e. The van der Waals surface area contributed by atoms with Gasteiger partial charge in [0.25, 0.3) is 22.7 Å². The van der Waals surface area contributed by atoms with Crippen molar-refractivity contribution >= 4 is 63.5 Å². The van der Waals surface area contributed by atoms with E-state index in [4.69, 9.17) is 4.74 Å². The molecule has 3 aromatic carbocycles. The number of benzene rings is 3. The average molecular weight is 632 g/mol. The molecule has 4 rings (SSSR count). The van der Waals surface area contributed by atoms with E-state index in [2.05, 4.69) is 15.5 Å². The lowest BCUT2D eigenvalue weighted by molar-refractivity contribution is -0.384. The van der Waals surface area contributed by atoms with E-state index in [0.29, 0.717) is 36.1 Å². The minimum atomic E-state index is -0.623. The zero-order chi connectivity index (χ0) is 32.7. The number of nitro benzene ring substituents is 1. The van der Waals surface area contributed by atoms with Crippen molar-refractivity contribution in [3.8, 4) is 5.75 Å². The van der Waals surface area contributed by atoms with Crippen LogP contribution in [-0.4, -0.2) is 59.0 Å². The number of thioether (sulfide) groups is 1. The van der Waals surface area contributed by atoms with Gasteiger partial charge in [-0.15, -0.1) is 0 Å². The highest BCUT2D eigenvalue weighted by Crippen LogP contribution is 2.35. The van der Waals surface area contributed by atoms with Gasteiger partial charge in [-0.2, -0.15) is 0 Å². The Labute approximate surface area is 264 Å². The van der Waals surface area contributed by atoms with Crippen molar-refractivity contribution in [2.45, 2.75) is 27.7 Å². The number of hydrogen-bond donors (Lipinski definition) is 2. The molecule has 234 valence electrons. The van der Waals surface area contributed by atoms with Crippen molar-refractivity contribution in [2.24, 2.45) is 0 Å². The number of carbonyl (C=O) groups excluding carboxylic acids is 4. The van der Waals surface area contributed by atoms with Gasteiger partial charge in [-0.3, -0.25) is 34.2 Å². The Morgan fingerprint density at radius 3 is 2.36 bits per heavy atom. The number of rotatable bonds is 12. The second-order valence-electron chi connectivity index (χ2n) is 10.2. The standard InChI is InChI=1S/C32H33N5O7S/c1-5-35(6-2)25-13-11-22(27(17-25)44-19-30(39)34-23-8-7-9-26(16-23)37(42)43)15-28-31(40)36(32(41)45-28)18-29(38)33-24-12-10-20(3)21(4)14-24/h7-17H,5-6,18-19H2,1-4H3,(H,33,38)(H,34,39)/b28-15+. The third-order valence-electron chi connectivity index (χ3n) is 7.08. The van der Waals surface area contributed by atoms with Crippen LogP contribution >= 0.6 is 11.8 Å². The van der Waals surface area contributed by atoms with E-state index in [1.807, 2.05) is 45.9 Å². The van der Waals surface area contributed by atoms with Crippen LogP contribution in [0.15, 0.2) is 65.6 Å². The topological polar surface area (TPSA) is 151 Å². The summed E-state index contributed by atoms with van der Waals surface area (Å²) in [6.45, 7) is 8.42. The molecule has 1 aliphatic heterocycles. The predicted octanol–water partition coefficient (Wildman–Crippen LogP) is 5.75. The van der Waals surface area contributed by atoms with Crippen molar-refractivity contribution in [2.75, 3.05) is 41.8 Å². The molecule has 0 aromatic heterocycles. The fourth-order valence-corrected chi connectivity index (χ4v) is 5.36. The molecule has 0 radical (unpaired) electrons. The van der Waals surface area contributed by atoms with Gasteiger partial charge in [0.05, 0.1) is 9.83 Å². The third kappa shape index (κ3) is 8.26. The maximum Gasteiger partial charge on any atom is 0.294 e. The molecule has 0 spiro atoms. The molecule has 3 aromatic rings. The monoisotopic (exact) mass is 631 g/mol. The van der Waals surface area contributed by atoms with Crippen molar-refractivity contribution in [1.29, 1.82) is 0 Å². The number of imide groups is 1. The van der Waals surface area contributed by atoms with E-state index in [0.717, 1.165) is 21.7 Å². The molecule has 4 amide bonds. The summed E-state index contributed by atoms with van der Waals surface area (Å²) in [5, 5.41) is 15.8. The number of anilines is 3. The third-order valence-corrected chi connectivity index (χ3v) is 7.99. The SMILES string of the molecule is CCN(CC)c1ccc(/C=C2/SC(=O)N(CC(=O)Nc3ccc(C)c(C)c3)C2=O)c(OCC(=O)Nc2cccc([N+](=O)[O-])c2)c1. The van der Waals surface area contributed by atoms with Gasteiger partial charge in [0.2, 0.25) is 5.91 Å². The molecule has 0 saturated carbocycles. The molecule has 1 heterocycles. The summed E-state index contributed by atoms with van der Waals surface area (Å²) in [6, 6.07) is 16.3. The second-order valence-corrected chi connectivity index (χ2v) is 11.1. The van der Waals surface area contributed by atoms with Crippen LogP contribution in [0.1, 0.15) is 30.5 Å². The number of amides is 4. The molecule has 13 heteroatoms. The summed E-state index contributed by atoms with van der Waals surface area (Å²) in [5.74, 6) is -1.40.